The van der Waals surface area contributed by atoms with Crippen LogP contribution in [0, 0.1) is 5.92 Å². The second kappa shape index (κ2) is 7.46. The maximum atomic E-state index is 12.7. The van der Waals surface area contributed by atoms with Crippen molar-refractivity contribution in [2.75, 3.05) is 13.1 Å². The highest BCUT2D eigenvalue weighted by Crippen LogP contribution is 2.21. The summed E-state index contributed by atoms with van der Waals surface area (Å²) in [5.74, 6) is -0.624. The summed E-state index contributed by atoms with van der Waals surface area (Å²) in [5, 5.41) is 13.5. The fraction of sp³-hybridized carbons (Fsp3) is 0.444. The Morgan fingerprint density at radius 3 is 2.88 bits per heavy atom. The predicted octanol–water partition coefficient (Wildman–Crippen LogP) is 1.50. The minimum Gasteiger partial charge on any atom is -0.481 e. The molecule has 1 aliphatic heterocycles. The highest BCUT2D eigenvalue weighted by Gasteiger charge is 2.24. The van der Waals surface area contributed by atoms with Crippen molar-refractivity contribution in [2.24, 2.45) is 5.92 Å². The van der Waals surface area contributed by atoms with Crippen molar-refractivity contribution < 1.29 is 14.7 Å². The molecule has 7 heteroatoms. The van der Waals surface area contributed by atoms with Gasteiger partial charge in [-0.05, 0) is 37.3 Å². The molecule has 0 bridgehead atoms. The summed E-state index contributed by atoms with van der Waals surface area (Å²) >= 11 is 0. The van der Waals surface area contributed by atoms with Crippen molar-refractivity contribution in [3.8, 4) is 0 Å². The first-order valence-electron chi connectivity index (χ1n) is 8.49. The summed E-state index contributed by atoms with van der Waals surface area (Å²) in [6, 6.07) is 7.10. The zero-order valence-corrected chi connectivity index (χ0v) is 13.9. The molecular weight excluding hydrogens is 322 g/mol. The molecule has 0 spiro atoms. The summed E-state index contributed by atoms with van der Waals surface area (Å²) in [5.41, 5.74) is 0.480. The number of hydrogen-bond donors (Lipinski definition) is 1. The first-order valence-corrected chi connectivity index (χ1v) is 8.49. The Morgan fingerprint density at radius 1 is 1.28 bits per heavy atom. The van der Waals surface area contributed by atoms with Crippen molar-refractivity contribution in [1.29, 1.82) is 0 Å². The molecule has 25 heavy (non-hydrogen) atoms. The molecule has 1 amide bonds. The molecule has 0 radical (unpaired) electrons. The Labute approximate surface area is 144 Å². The van der Waals surface area contributed by atoms with Gasteiger partial charge in [0.1, 0.15) is 6.54 Å². The van der Waals surface area contributed by atoms with Crippen LogP contribution in [0.15, 0.2) is 35.3 Å². The third kappa shape index (κ3) is 4.04. The number of carboxylic acids is 1. The second-order valence-corrected chi connectivity index (χ2v) is 6.46. The van der Waals surface area contributed by atoms with E-state index >= 15 is 0 Å². The number of hydrogen-bond acceptors (Lipinski definition) is 4. The number of amides is 1. The Hall–Kier alpha value is -2.70. The lowest BCUT2D eigenvalue weighted by atomic mass is 9.93. The highest BCUT2D eigenvalue weighted by atomic mass is 16.4. The molecule has 1 aromatic carbocycles. The molecule has 132 valence electrons. The van der Waals surface area contributed by atoms with E-state index in [-0.39, 0.29) is 30.2 Å². The molecule has 1 aromatic heterocycles. The second-order valence-electron chi connectivity index (χ2n) is 6.46. The third-order valence-electron chi connectivity index (χ3n) is 4.69. The van der Waals surface area contributed by atoms with Crippen LogP contribution in [0.25, 0.3) is 10.9 Å². The zero-order chi connectivity index (χ0) is 17.8. The first-order chi connectivity index (χ1) is 12.0. The number of carboxylic acid groups (broad SMARTS) is 1. The van der Waals surface area contributed by atoms with Gasteiger partial charge in [-0.3, -0.25) is 19.1 Å². The number of piperidine rings is 1. The molecule has 0 saturated carbocycles. The molecule has 1 fully saturated rings. The van der Waals surface area contributed by atoms with Gasteiger partial charge in [-0.15, -0.1) is 0 Å². The normalized spacial score (nSPS) is 17.6. The Bertz CT molecular complexity index is 846. The van der Waals surface area contributed by atoms with Gasteiger partial charge in [0.05, 0.1) is 11.7 Å². The summed E-state index contributed by atoms with van der Waals surface area (Å²) in [7, 11) is 0. The van der Waals surface area contributed by atoms with E-state index in [1.165, 1.54) is 6.20 Å². The molecule has 1 aliphatic rings. The lowest BCUT2D eigenvalue weighted by Gasteiger charge is -2.32. The van der Waals surface area contributed by atoms with Crippen LogP contribution in [0.2, 0.25) is 0 Å². The minimum atomic E-state index is -0.799. The number of para-hydroxylation sites is 1. The standard InChI is InChI=1S/C18H21N3O4/c22-16-10-19-21(15-6-2-1-5-14(15)16)12-17(23)20-9-3-4-13(11-20)7-8-18(24)25/h1-2,5-6,10,13H,3-4,7-9,11-12H2,(H,24,25)/t13-/m1/s1. The van der Waals surface area contributed by atoms with Gasteiger partial charge in [-0.25, -0.2) is 0 Å². The van der Waals surface area contributed by atoms with Gasteiger partial charge < -0.3 is 10.0 Å². The number of likely N-dealkylation sites (tertiary alicyclic amines) is 1. The van der Waals surface area contributed by atoms with Crippen molar-refractivity contribution in [3.63, 3.8) is 0 Å². The molecule has 0 unspecified atom stereocenters. The predicted molar refractivity (Wildman–Crippen MR) is 92.2 cm³/mol. The molecule has 2 aromatic rings. The van der Waals surface area contributed by atoms with Crippen molar-refractivity contribution >= 4 is 22.8 Å². The van der Waals surface area contributed by atoms with E-state index in [0.29, 0.717) is 30.4 Å². The van der Waals surface area contributed by atoms with Crippen molar-refractivity contribution in [2.45, 2.75) is 32.2 Å². The average molecular weight is 343 g/mol. The molecule has 1 atom stereocenters. The maximum absolute atomic E-state index is 12.7. The van der Waals surface area contributed by atoms with E-state index in [9.17, 15) is 14.4 Å². The highest BCUT2D eigenvalue weighted by molar-refractivity contribution is 5.81. The Morgan fingerprint density at radius 2 is 2.08 bits per heavy atom. The third-order valence-corrected chi connectivity index (χ3v) is 4.69. The first kappa shape index (κ1) is 17.1. The van der Waals surface area contributed by atoms with Gasteiger partial charge >= 0.3 is 5.97 Å². The van der Waals surface area contributed by atoms with Crippen LogP contribution in [0.5, 0.6) is 0 Å². The monoisotopic (exact) mass is 343 g/mol. The quantitative estimate of drug-likeness (QED) is 0.888. The van der Waals surface area contributed by atoms with Gasteiger partial charge in [0.25, 0.3) is 0 Å². The molecule has 1 N–H and O–H groups in total. The van der Waals surface area contributed by atoms with E-state index in [4.69, 9.17) is 5.11 Å². The number of benzene rings is 1. The largest absolute Gasteiger partial charge is 0.481 e. The van der Waals surface area contributed by atoms with E-state index in [0.717, 1.165) is 12.8 Å². The smallest absolute Gasteiger partial charge is 0.303 e. The summed E-state index contributed by atoms with van der Waals surface area (Å²) in [4.78, 5) is 37.0. The maximum Gasteiger partial charge on any atom is 0.303 e. The zero-order valence-electron chi connectivity index (χ0n) is 13.9. The van der Waals surface area contributed by atoms with Gasteiger partial charge in [-0.2, -0.15) is 5.10 Å². The lowest BCUT2D eigenvalue weighted by Crippen LogP contribution is -2.42. The van der Waals surface area contributed by atoms with E-state index in [1.54, 1.807) is 27.8 Å². The van der Waals surface area contributed by atoms with Crippen LogP contribution in [0.4, 0.5) is 0 Å². The van der Waals surface area contributed by atoms with Crippen molar-refractivity contribution in [3.05, 3.63) is 40.7 Å². The number of aliphatic carboxylic acids is 1. The number of rotatable bonds is 5. The average Bonchev–Trinajstić information content (AvgIpc) is 2.63. The molecule has 2 heterocycles. The van der Waals surface area contributed by atoms with Crippen LogP contribution in [0.3, 0.4) is 0 Å². The Balaban J connectivity index is 1.71. The summed E-state index contributed by atoms with van der Waals surface area (Å²) in [6.07, 6.45) is 3.81. The van der Waals surface area contributed by atoms with Crippen LogP contribution in [-0.2, 0) is 16.1 Å². The molecule has 0 aliphatic carbocycles. The van der Waals surface area contributed by atoms with Crippen molar-refractivity contribution in [1.82, 2.24) is 14.7 Å². The van der Waals surface area contributed by atoms with Crippen LogP contribution >= 0.6 is 0 Å². The van der Waals surface area contributed by atoms with E-state index in [1.807, 2.05) is 6.07 Å². The molecule has 1 saturated heterocycles. The van der Waals surface area contributed by atoms with Crippen LogP contribution in [0.1, 0.15) is 25.7 Å². The number of carbonyl (C=O) groups excluding carboxylic acids is 1. The SMILES string of the molecule is O=C(O)CC[C@H]1CCCN(C(=O)Cn2ncc(=O)c3ccccc32)C1. The number of carbonyl (C=O) groups is 2. The number of fused-ring (bicyclic) bond motifs is 1. The lowest BCUT2D eigenvalue weighted by molar-refractivity contribution is -0.137. The van der Waals surface area contributed by atoms with Gasteiger partial charge in [0, 0.05) is 24.9 Å². The fourth-order valence-corrected chi connectivity index (χ4v) is 3.37. The molecule has 7 nitrogen and oxygen atoms in total. The van der Waals surface area contributed by atoms with Gasteiger partial charge in [0.2, 0.25) is 11.3 Å². The topological polar surface area (TPSA) is 92.5 Å². The minimum absolute atomic E-state index is 0.0543. The number of nitrogens with zero attached hydrogens (tertiary/aromatic N) is 3. The van der Waals surface area contributed by atoms with Gasteiger partial charge in [-0.1, -0.05) is 12.1 Å². The summed E-state index contributed by atoms with van der Waals surface area (Å²) in [6.45, 7) is 1.34. The van der Waals surface area contributed by atoms with E-state index in [2.05, 4.69) is 5.10 Å². The van der Waals surface area contributed by atoms with Crippen LogP contribution in [-0.4, -0.2) is 44.8 Å². The van der Waals surface area contributed by atoms with E-state index < -0.39 is 5.97 Å². The molecule has 3 rings (SSSR count). The van der Waals surface area contributed by atoms with Gasteiger partial charge in [0.15, 0.2) is 0 Å². The number of aromatic nitrogens is 2. The molecular formula is C18H21N3O4. The Kier molecular flexibility index (Phi) is 5.11. The summed E-state index contributed by atoms with van der Waals surface area (Å²) < 4.78 is 1.56. The fourth-order valence-electron chi connectivity index (χ4n) is 3.37. The van der Waals surface area contributed by atoms with Crippen LogP contribution < -0.4 is 5.43 Å².